The molecule has 0 saturated carbocycles. The van der Waals surface area contributed by atoms with E-state index in [0.29, 0.717) is 28.5 Å². The molecule has 3 aromatic carbocycles. The Hall–Kier alpha value is -3.75. The summed E-state index contributed by atoms with van der Waals surface area (Å²) in [6.07, 6.45) is 0.544. The number of rotatable bonds is 8. The highest BCUT2D eigenvalue weighted by atomic mass is 32.2. The number of carbonyl (C=O) groups excluding carboxylic acids is 1. The Kier molecular flexibility index (Phi) is 7.61. The maximum Gasteiger partial charge on any atom is 0.336 e. The van der Waals surface area contributed by atoms with E-state index in [1.54, 1.807) is 38.1 Å². The number of esters is 1. The number of hydrogen-bond acceptors (Lipinski definition) is 6. The molecule has 7 nitrogen and oxygen atoms in total. The van der Waals surface area contributed by atoms with Crippen molar-refractivity contribution in [1.29, 1.82) is 0 Å². The molecule has 1 N–H and O–H groups in total. The number of benzene rings is 3. The third kappa shape index (κ3) is 5.65. The van der Waals surface area contributed by atoms with Crippen molar-refractivity contribution in [2.24, 2.45) is 5.92 Å². The van der Waals surface area contributed by atoms with Crippen molar-refractivity contribution in [3.05, 3.63) is 94.3 Å². The molecule has 4 aromatic rings. The number of fused-ring (bicyclic) bond motifs is 1. The van der Waals surface area contributed by atoms with Gasteiger partial charge in [0.1, 0.15) is 17.4 Å². The minimum Gasteiger partial charge on any atom is -0.425 e. The zero-order valence-electron chi connectivity index (χ0n) is 21.1. The van der Waals surface area contributed by atoms with Crippen LogP contribution in [-0.4, -0.2) is 20.4 Å². The summed E-state index contributed by atoms with van der Waals surface area (Å²) in [4.78, 5) is 25.7. The topological polar surface area (TPSA) is 103 Å². The Bertz CT molecular complexity index is 1590. The highest BCUT2D eigenvalue weighted by molar-refractivity contribution is 7.89. The van der Waals surface area contributed by atoms with Gasteiger partial charge in [0.05, 0.1) is 4.90 Å². The van der Waals surface area contributed by atoms with Crippen molar-refractivity contribution < 1.29 is 22.4 Å². The third-order valence-corrected chi connectivity index (χ3v) is 7.94. The van der Waals surface area contributed by atoms with E-state index in [0.717, 1.165) is 11.1 Å². The average Bonchev–Trinajstić information content (AvgIpc) is 2.89. The molecule has 0 spiro atoms. The lowest BCUT2D eigenvalue weighted by Crippen LogP contribution is -2.47. The van der Waals surface area contributed by atoms with Gasteiger partial charge in [0.2, 0.25) is 10.0 Å². The first-order valence-corrected chi connectivity index (χ1v) is 13.5. The lowest BCUT2D eigenvalue weighted by atomic mass is 9.99. The van der Waals surface area contributed by atoms with Crippen LogP contribution < -0.4 is 15.1 Å². The van der Waals surface area contributed by atoms with Gasteiger partial charge >= 0.3 is 11.6 Å². The van der Waals surface area contributed by atoms with E-state index in [1.165, 1.54) is 18.2 Å². The molecule has 0 aliphatic rings. The van der Waals surface area contributed by atoms with Gasteiger partial charge in [-0.05, 0) is 55.2 Å². The van der Waals surface area contributed by atoms with Gasteiger partial charge in [-0.15, -0.1) is 0 Å². The van der Waals surface area contributed by atoms with Gasteiger partial charge in [0.25, 0.3) is 0 Å². The summed E-state index contributed by atoms with van der Waals surface area (Å²) in [5.41, 5.74) is 2.72. The molecule has 192 valence electrons. The molecule has 0 fully saturated rings. The molecule has 2 atom stereocenters. The molecule has 4 rings (SSSR count). The van der Waals surface area contributed by atoms with Crippen LogP contribution in [0.3, 0.4) is 0 Å². The number of nitrogens with one attached hydrogen (secondary N) is 1. The lowest BCUT2D eigenvalue weighted by Gasteiger charge is -2.23. The summed E-state index contributed by atoms with van der Waals surface area (Å²) < 4.78 is 39.7. The first kappa shape index (κ1) is 26.3. The molecule has 8 heteroatoms. The summed E-state index contributed by atoms with van der Waals surface area (Å²) in [6, 6.07) is 19.5. The van der Waals surface area contributed by atoms with E-state index in [1.807, 2.05) is 44.2 Å². The van der Waals surface area contributed by atoms with Gasteiger partial charge in [-0.1, -0.05) is 68.3 Å². The molecule has 0 aliphatic heterocycles. The normalized spacial score (nSPS) is 13.3. The van der Waals surface area contributed by atoms with Crippen molar-refractivity contribution in [3.63, 3.8) is 0 Å². The molecule has 37 heavy (non-hydrogen) atoms. The lowest BCUT2D eigenvalue weighted by molar-refractivity contribution is -0.137. The Balaban J connectivity index is 1.68. The van der Waals surface area contributed by atoms with Crippen LogP contribution in [0.4, 0.5) is 0 Å². The zero-order chi connectivity index (χ0) is 26.7. The van der Waals surface area contributed by atoms with Gasteiger partial charge in [-0.3, -0.25) is 0 Å². The number of aryl methyl sites for hydroxylation is 2. The summed E-state index contributed by atoms with van der Waals surface area (Å²) in [5.74, 6) is -0.890. The predicted octanol–water partition coefficient (Wildman–Crippen LogP) is 5.38. The monoisotopic (exact) mass is 519 g/mol. The van der Waals surface area contributed by atoms with Gasteiger partial charge in [-0.25, -0.2) is 18.0 Å². The molecule has 0 radical (unpaired) electrons. The van der Waals surface area contributed by atoms with E-state index in [9.17, 15) is 18.0 Å². The number of ether oxygens (including phenoxy) is 1. The van der Waals surface area contributed by atoms with Crippen LogP contribution in [0.2, 0.25) is 0 Å². The first-order chi connectivity index (χ1) is 17.6. The first-order valence-electron chi connectivity index (χ1n) is 12.0. The van der Waals surface area contributed by atoms with Crippen LogP contribution in [-0.2, 0) is 14.8 Å². The number of sulfonamides is 1. The zero-order valence-corrected chi connectivity index (χ0v) is 22.0. The summed E-state index contributed by atoms with van der Waals surface area (Å²) in [5, 5.41) is 0.696. The van der Waals surface area contributed by atoms with Crippen molar-refractivity contribution in [2.75, 3.05) is 0 Å². The molecule has 0 amide bonds. The molecule has 0 saturated heterocycles. The fourth-order valence-electron chi connectivity index (χ4n) is 4.07. The Morgan fingerprint density at radius 2 is 1.68 bits per heavy atom. The number of carbonyl (C=O) groups is 1. The summed E-state index contributed by atoms with van der Waals surface area (Å²) in [7, 11) is -3.97. The molecular weight excluding hydrogens is 490 g/mol. The van der Waals surface area contributed by atoms with Crippen LogP contribution in [0.1, 0.15) is 31.4 Å². The van der Waals surface area contributed by atoms with E-state index in [4.69, 9.17) is 9.15 Å². The van der Waals surface area contributed by atoms with Gasteiger partial charge < -0.3 is 9.15 Å². The second-order valence-electron chi connectivity index (χ2n) is 9.13. The van der Waals surface area contributed by atoms with Crippen molar-refractivity contribution in [2.45, 2.75) is 45.1 Å². The van der Waals surface area contributed by atoms with Crippen molar-refractivity contribution in [1.82, 2.24) is 4.72 Å². The number of hydrogen-bond donors (Lipinski definition) is 1. The Labute approximate surface area is 216 Å². The van der Waals surface area contributed by atoms with Gasteiger partial charge in [-0.2, -0.15) is 4.72 Å². The summed E-state index contributed by atoms with van der Waals surface area (Å²) >= 11 is 0. The molecular formula is C29H29NO6S. The van der Waals surface area contributed by atoms with Gasteiger partial charge in [0.15, 0.2) is 0 Å². The SMILES string of the molecule is CC[C@H](C)[C@@H](NS(=O)(=O)c1ccc(C)cc1)C(=O)Oc1ccc2c(-c3ccccc3)cc(=O)oc2c1C. The van der Waals surface area contributed by atoms with E-state index < -0.39 is 27.7 Å². The van der Waals surface area contributed by atoms with Crippen LogP contribution in [0, 0.1) is 19.8 Å². The van der Waals surface area contributed by atoms with Gasteiger partial charge in [0, 0.05) is 17.0 Å². The third-order valence-electron chi connectivity index (χ3n) is 6.49. The fourth-order valence-corrected chi connectivity index (χ4v) is 5.36. The second-order valence-corrected chi connectivity index (χ2v) is 10.8. The van der Waals surface area contributed by atoms with Crippen molar-refractivity contribution >= 4 is 27.0 Å². The Morgan fingerprint density at radius 1 is 1.00 bits per heavy atom. The standard InChI is InChI=1S/C29H29NO6S/c1-5-19(3)27(30-37(33,34)22-13-11-18(2)12-14-22)29(32)35-25-16-15-23-24(21-9-7-6-8-10-21)17-26(31)36-28(23)20(25)4/h6-17,19,27,30H,5H2,1-4H3/t19-,27+/m0/s1. The van der Waals surface area contributed by atoms with E-state index >= 15 is 0 Å². The largest absolute Gasteiger partial charge is 0.425 e. The van der Waals surface area contributed by atoms with Crippen molar-refractivity contribution in [3.8, 4) is 16.9 Å². The molecule has 0 aliphatic carbocycles. The fraction of sp³-hybridized carbons (Fsp3) is 0.241. The highest BCUT2D eigenvalue weighted by Gasteiger charge is 2.32. The molecule has 1 aromatic heterocycles. The minimum absolute atomic E-state index is 0.0660. The Morgan fingerprint density at radius 3 is 2.32 bits per heavy atom. The van der Waals surface area contributed by atoms with E-state index in [-0.39, 0.29) is 16.6 Å². The minimum atomic E-state index is -3.97. The van der Waals surface area contributed by atoms with Crippen LogP contribution >= 0.6 is 0 Å². The quantitative estimate of drug-likeness (QED) is 0.191. The molecule has 0 bridgehead atoms. The maximum absolute atomic E-state index is 13.3. The second kappa shape index (κ2) is 10.7. The van der Waals surface area contributed by atoms with Crippen LogP contribution in [0.25, 0.3) is 22.1 Å². The summed E-state index contributed by atoms with van der Waals surface area (Å²) in [6.45, 7) is 7.20. The maximum atomic E-state index is 13.3. The molecule has 1 heterocycles. The van der Waals surface area contributed by atoms with Crippen LogP contribution in [0.15, 0.2) is 86.9 Å². The van der Waals surface area contributed by atoms with E-state index in [2.05, 4.69) is 4.72 Å². The highest BCUT2D eigenvalue weighted by Crippen LogP contribution is 2.33. The predicted molar refractivity (Wildman–Crippen MR) is 143 cm³/mol. The smallest absolute Gasteiger partial charge is 0.336 e. The van der Waals surface area contributed by atoms with Crippen LogP contribution in [0.5, 0.6) is 5.75 Å². The molecule has 0 unspecified atom stereocenters. The average molecular weight is 520 g/mol.